The summed E-state index contributed by atoms with van der Waals surface area (Å²) in [6.45, 7) is 0.396. The molecule has 0 fully saturated rings. The smallest absolute Gasteiger partial charge is 0.258 e. The highest BCUT2D eigenvalue weighted by Crippen LogP contribution is 2.30. The molecule has 1 heterocycles. The first kappa shape index (κ1) is 28.0. The van der Waals surface area contributed by atoms with Crippen LogP contribution in [0.3, 0.4) is 0 Å². The first-order valence-corrected chi connectivity index (χ1v) is 11.9. The first-order valence-electron chi connectivity index (χ1n) is 10.7. The molecule has 1 amide bonds. The van der Waals surface area contributed by atoms with Crippen LogP contribution in [0, 0.1) is 11.3 Å². The van der Waals surface area contributed by atoms with Crippen LogP contribution in [0.25, 0.3) is 0 Å². The summed E-state index contributed by atoms with van der Waals surface area (Å²) in [5, 5.41) is 16.7. The van der Waals surface area contributed by atoms with E-state index in [0.29, 0.717) is 44.0 Å². The van der Waals surface area contributed by atoms with Crippen molar-refractivity contribution in [2.24, 2.45) is 4.99 Å². The van der Waals surface area contributed by atoms with E-state index in [1.165, 1.54) is 6.07 Å². The van der Waals surface area contributed by atoms with Crippen molar-refractivity contribution in [3.05, 3.63) is 117 Å². The van der Waals surface area contributed by atoms with Crippen LogP contribution in [-0.2, 0) is 6.54 Å². The van der Waals surface area contributed by atoms with Gasteiger partial charge in [0.25, 0.3) is 5.91 Å². The van der Waals surface area contributed by atoms with Crippen molar-refractivity contribution < 1.29 is 4.79 Å². The summed E-state index contributed by atoms with van der Waals surface area (Å²) in [6.07, 6.45) is 5.15. The molecule has 1 atom stereocenters. The van der Waals surface area contributed by atoms with E-state index >= 15 is 0 Å². The summed E-state index contributed by atoms with van der Waals surface area (Å²) in [4.78, 5) is 22.0. The molecule has 0 spiro atoms. The molecule has 0 aliphatic carbocycles. The fourth-order valence-electron chi connectivity index (χ4n) is 3.41. The van der Waals surface area contributed by atoms with Crippen LogP contribution in [0.2, 0.25) is 15.1 Å². The van der Waals surface area contributed by atoms with Crippen LogP contribution >= 0.6 is 47.2 Å². The van der Waals surface area contributed by atoms with Gasteiger partial charge >= 0.3 is 0 Å². The van der Waals surface area contributed by atoms with Crippen LogP contribution in [0.15, 0.2) is 90.4 Å². The van der Waals surface area contributed by atoms with Gasteiger partial charge in [-0.05, 0) is 60.2 Å². The minimum Gasteiger partial charge on any atom is -0.335 e. The summed E-state index contributed by atoms with van der Waals surface area (Å²) < 4.78 is 1.86. The van der Waals surface area contributed by atoms with Gasteiger partial charge in [0, 0.05) is 38.7 Å². The standard InChI is InChI=1S/C26H19Cl3N6O.ClH/c27-19-4-7-21(8-5-19)32-26(34-25(36)18-3-1-2-17(12-18)14-30)33-24(15-35-11-10-31-16-35)22-9-6-20(28)13-23(22)29;/h1-13,16,24H,15H2,(H2,32,33,34,36);1H. The van der Waals surface area contributed by atoms with E-state index in [1.54, 1.807) is 73.2 Å². The maximum atomic E-state index is 13.1. The molecule has 0 saturated heterocycles. The fourth-order valence-corrected chi connectivity index (χ4v) is 4.07. The van der Waals surface area contributed by atoms with E-state index in [1.807, 2.05) is 16.8 Å². The SMILES string of the molecule is Cl.N#Cc1cccc(C(=O)NC(=NC(Cn2ccnc2)c2ccc(Cl)cc2Cl)Nc2ccc(Cl)cc2)c1. The summed E-state index contributed by atoms with van der Waals surface area (Å²) in [7, 11) is 0. The third-order valence-electron chi connectivity index (χ3n) is 5.14. The van der Waals surface area contributed by atoms with E-state index in [-0.39, 0.29) is 18.4 Å². The Kier molecular flexibility index (Phi) is 9.95. The average Bonchev–Trinajstić information content (AvgIpc) is 3.38. The van der Waals surface area contributed by atoms with Crippen LogP contribution < -0.4 is 10.6 Å². The van der Waals surface area contributed by atoms with Crippen molar-refractivity contribution >= 4 is 64.8 Å². The monoisotopic (exact) mass is 572 g/mol. The molecule has 0 aliphatic heterocycles. The van der Waals surface area contributed by atoms with Crippen molar-refractivity contribution in [2.75, 3.05) is 5.32 Å². The molecular weight excluding hydrogens is 554 g/mol. The lowest BCUT2D eigenvalue weighted by atomic mass is 10.1. The van der Waals surface area contributed by atoms with Crippen molar-refractivity contribution in [1.82, 2.24) is 14.9 Å². The number of carbonyl (C=O) groups is 1. The predicted octanol–water partition coefficient (Wildman–Crippen LogP) is 6.78. The second-order valence-electron chi connectivity index (χ2n) is 7.70. The van der Waals surface area contributed by atoms with Crippen LogP contribution in [0.4, 0.5) is 5.69 Å². The maximum absolute atomic E-state index is 13.1. The quantitative estimate of drug-likeness (QED) is 0.196. The molecule has 1 unspecified atom stereocenters. The highest BCUT2D eigenvalue weighted by atomic mass is 35.5. The molecule has 4 rings (SSSR count). The number of rotatable bonds is 6. The highest BCUT2D eigenvalue weighted by molar-refractivity contribution is 6.35. The summed E-state index contributed by atoms with van der Waals surface area (Å²) >= 11 is 18.7. The van der Waals surface area contributed by atoms with Gasteiger partial charge in [0.1, 0.15) is 0 Å². The molecule has 3 aromatic carbocycles. The van der Waals surface area contributed by atoms with Gasteiger partial charge in [-0.25, -0.2) is 9.98 Å². The Hall–Kier alpha value is -3.54. The van der Waals surface area contributed by atoms with Gasteiger partial charge in [-0.1, -0.05) is 46.9 Å². The predicted molar refractivity (Wildman–Crippen MR) is 150 cm³/mol. The molecule has 188 valence electrons. The molecule has 2 N–H and O–H groups in total. The number of nitrogens with zero attached hydrogens (tertiary/aromatic N) is 4. The Labute approximate surface area is 235 Å². The number of hydrogen-bond acceptors (Lipinski definition) is 4. The maximum Gasteiger partial charge on any atom is 0.258 e. The topological polar surface area (TPSA) is 95.1 Å². The van der Waals surface area contributed by atoms with Gasteiger partial charge in [0.2, 0.25) is 5.96 Å². The van der Waals surface area contributed by atoms with Crippen molar-refractivity contribution in [3.8, 4) is 6.07 Å². The van der Waals surface area contributed by atoms with Crippen LogP contribution in [-0.4, -0.2) is 21.4 Å². The molecule has 0 aliphatic rings. The molecule has 37 heavy (non-hydrogen) atoms. The minimum absolute atomic E-state index is 0. The molecule has 0 radical (unpaired) electrons. The molecule has 4 aromatic rings. The number of hydrogen-bond donors (Lipinski definition) is 2. The second kappa shape index (κ2) is 13.1. The summed E-state index contributed by atoms with van der Waals surface area (Å²) in [5.74, 6) is -0.253. The lowest BCUT2D eigenvalue weighted by molar-refractivity contribution is 0.0976. The van der Waals surface area contributed by atoms with Gasteiger partial charge in [-0.2, -0.15) is 5.26 Å². The highest BCUT2D eigenvalue weighted by Gasteiger charge is 2.18. The Morgan fingerprint density at radius 3 is 2.49 bits per heavy atom. The number of halogens is 4. The number of imidazole rings is 1. The Morgan fingerprint density at radius 1 is 1.05 bits per heavy atom. The Bertz CT molecular complexity index is 1430. The summed E-state index contributed by atoms with van der Waals surface area (Å²) in [5.41, 5.74) is 2.06. The number of carbonyl (C=O) groups excluding carboxylic acids is 1. The zero-order chi connectivity index (χ0) is 25.5. The molecule has 7 nitrogen and oxygen atoms in total. The molecule has 0 bridgehead atoms. The molecule has 11 heteroatoms. The second-order valence-corrected chi connectivity index (χ2v) is 8.98. The number of benzene rings is 3. The number of anilines is 1. The molecule has 0 saturated carbocycles. The molecule has 1 aromatic heterocycles. The average molecular weight is 574 g/mol. The Morgan fingerprint density at radius 2 is 1.81 bits per heavy atom. The molecular formula is C26H20Cl4N6O. The fraction of sp³-hybridized carbons (Fsp3) is 0.0769. The van der Waals surface area contributed by atoms with Crippen LogP contribution in [0.1, 0.15) is 27.5 Å². The number of aliphatic imine (C=N–C) groups is 1. The number of aromatic nitrogens is 2. The largest absolute Gasteiger partial charge is 0.335 e. The van der Waals surface area contributed by atoms with Gasteiger partial charge in [0.15, 0.2) is 0 Å². The van der Waals surface area contributed by atoms with E-state index in [2.05, 4.69) is 15.6 Å². The lowest BCUT2D eigenvalue weighted by Crippen LogP contribution is -2.36. The van der Waals surface area contributed by atoms with Crippen molar-refractivity contribution in [3.63, 3.8) is 0 Å². The number of nitriles is 1. The van der Waals surface area contributed by atoms with E-state index in [0.717, 1.165) is 0 Å². The lowest BCUT2D eigenvalue weighted by Gasteiger charge is -2.19. The Balaban J connectivity index is 0.00000380. The van der Waals surface area contributed by atoms with Gasteiger partial charge < -0.3 is 9.88 Å². The third-order valence-corrected chi connectivity index (χ3v) is 5.96. The van der Waals surface area contributed by atoms with Crippen molar-refractivity contribution in [1.29, 1.82) is 5.26 Å². The van der Waals surface area contributed by atoms with Crippen LogP contribution in [0.5, 0.6) is 0 Å². The van der Waals surface area contributed by atoms with Gasteiger partial charge in [-0.3, -0.25) is 10.1 Å². The van der Waals surface area contributed by atoms with E-state index in [9.17, 15) is 10.1 Å². The third kappa shape index (κ3) is 7.72. The number of amides is 1. The normalized spacial score (nSPS) is 11.7. The summed E-state index contributed by atoms with van der Waals surface area (Å²) in [6, 6.07) is 20.1. The number of guanidine groups is 1. The first-order chi connectivity index (χ1) is 17.4. The zero-order valence-electron chi connectivity index (χ0n) is 19.1. The van der Waals surface area contributed by atoms with E-state index in [4.69, 9.17) is 39.8 Å². The minimum atomic E-state index is -0.510. The van der Waals surface area contributed by atoms with E-state index < -0.39 is 11.9 Å². The van der Waals surface area contributed by atoms with Crippen molar-refractivity contribution in [2.45, 2.75) is 12.6 Å². The zero-order valence-corrected chi connectivity index (χ0v) is 22.2. The van der Waals surface area contributed by atoms with Gasteiger partial charge in [0.05, 0.1) is 30.5 Å². The number of nitrogens with one attached hydrogen (secondary N) is 2. The van der Waals surface area contributed by atoms with Gasteiger partial charge in [-0.15, -0.1) is 12.4 Å².